The van der Waals surface area contributed by atoms with Crippen LogP contribution in [-0.2, 0) is 0 Å². The van der Waals surface area contributed by atoms with E-state index in [0.717, 1.165) is 5.92 Å². The van der Waals surface area contributed by atoms with Gasteiger partial charge in [-0.3, -0.25) is 0 Å². The lowest BCUT2D eigenvalue weighted by Gasteiger charge is -2.20. The van der Waals surface area contributed by atoms with Crippen LogP contribution in [0.15, 0.2) is 12.3 Å². The Balaban J connectivity index is 0.000000561. The summed E-state index contributed by atoms with van der Waals surface area (Å²) in [6.07, 6.45) is 3.88. The van der Waals surface area contributed by atoms with E-state index in [1.165, 1.54) is 31.5 Å². The van der Waals surface area contributed by atoms with Crippen LogP contribution < -0.4 is 0 Å². The summed E-state index contributed by atoms with van der Waals surface area (Å²) in [5, 5.41) is 0. The molecule has 1 fully saturated rings. The lowest BCUT2D eigenvalue weighted by atomic mass is 10.1. The Labute approximate surface area is 77.5 Å². The number of rotatable bonds is 0. The van der Waals surface area contributed by atoms with E-state index in [4.69, 9.17) is 0 Å². The van der Waals surface area contributed by atoms with Crippen LogP contribution in [0.3, 0.4) is 0 Å². The standard InChI is InChI=1S/C9H17N.C2H6/c1-8-5-4-6-9(2)10(3)7-8;1-2/h8H,2,4-7H2,1,3H3;1-2H3. The van der Waals surface area contributed by atoms with Gasteiger partial charge in [-0.15, -0.1) is 0 Å². The zero-order valence-electron chi connectivity index (χ0n) is 9.06. The minimum atomic E-state index is 0.851. The largest absolute Gasteiger partial charge is 0.378 e. The van der Waals surface area contributed by atoms with Crippen LogP contribution in [0.1, 0.15) is 40.0 Å². The summed E-state index contributed by atoms with van der Waals surface area (Å²) in [6.45, 7) is 11.5. The van der Waals surface area contributed by atoms with E-state index in [2.05, 4.69) is 25.5 Å². The van der Waals surface area contributed by atoms with Gasteiger partial charge in [0.25, 0.3) is 0 Å². The smallest absolute Gasteiger partial charge is 0.0197 e. The Bertz CT molecular complexity index is 129. The second-order valence-corrected chi connectivity index (χ2v) is 3.44. The van der Waals surface area contributed by atoms with Crippen molar-refractivity contribution in [2.45, 2.75) is 40.0 Å². The third-order valence-corrected chi connectivity index (χ3v) is 2.29. The summed E-state index contributed by atoms with van der Waals surface area (Å²) >= 11 is 0. The average molecular weight is 169 g/mol. The molecule has 1 saturated heterocycles. The van der Waals surface area contributed by atoms with Crippen molar-refractivity contribution in [1.82, 2.24) is 4.90 Å². The van der Waals surface area contributed by atoms with E-state index < -0.39 is 0 Å². The molecular formula is C11H23N. The average Bonchev–Trinajstić information content (AvgIpc) is 2.19. The van der Waals surface area contributed by atoms with E-state index in [1.54, 1.807) is 0 Å². The van der Waals surface area contributed by atoms with Gasteiger partial charge in [-0.1, -0.05) is 27.4 Å². The molecule has 0 bridgehead atoms. The van der Waals surface area contributed by atoms with E-state index in [9.17, 15) is 0 Å². The van der Waals surface area contributed by atoms with Crippen molar-refractivity contribution in [2.24, 2.45) is 5.92 Å². The topological polar surface area (TPSA) is 3.24 Å². The van der Waals surface area contributed by atoms with Gasteiger partial charge in [0, 0.05) is 19.3 Å². The predicted octanol–water partition coefficient (Wildman–Crippen LogP) is 3.28. The van der Waals surface area contributed by atoms with Crippen molar-refractivity contribution in [2.75, 3.05) is 13.6 Å². The number of allylic oxidation sites excluding steroid dienone is 1. The minimum absolute atomic E-state index is 0.851. The van der Waals surface area contributed by atoms with Crippen LogP contribution in [0.4, 0.5) is 0 Å². The molecule has 0 amide bonds. The first kappa shape index (κ1) is 11.5. The lowest BCUT2D eigenvalue weighted by Crippen LogP contribution is -2.20. The van der Waals surface area contributed by atoms with Gasteiger partial charge >= 0.3 is 0 Å². The highest BCUT2D eigenvalue weighted by molar-refractivity contribution is 4.94. The number of likely N-dealkylation sites (tertiary alicyclic amines) is 1. The van der Waals surface area contributed by atoms with Gasteiger partial charge in [-0.05, 0) is 25.2 Å². The molecule has 1 heteroatoms. The highest BCUT2D eigenvalue weighted by atomic mass is 15.1. The van der Waals surface area contributed by atoms with Crippen molar-refractivity contribution in [3.63, 3.8) is 0 Å². The van der Waals surface area contributed by atoms with Crippen LogP contribution in [-0.4, -0.2) is 18.5 Å². The SMILES string of the molecule is C=C1CCCC(C)CN1C.CC. The lowest BCUT2D eigenvalue weighted by molar-refractivity contribution is 0.360. The van der Waals surface area contributed by atoms with E-state index in [0.29, 0.717) is 0 Å². The minimum Gasteiger partial charge on any atom is -0.378 e. The van der Waals surface area contributed by atoms with Gasteiger partial charge < -0.3 is 4.90 Å². The summed E-state index contributed by atoms with van der Waals surface area (Å²) in [6, 6.07) is 0. The first-order valence-corrected chi connectivity index (χ1v) is 5.09. The third-order valence-electron chi connectivity index (χ3n) is 2.29. The zero-order valence-corrected chi connectivity index (χ0v) is 9.06. The molecule has 0 radical (unpaired) electrons. The van der Waals surface area contributed by atoms with Crippen LogP contribution in [0.25, 0.3) is 0 Å². The van der Waals surface area contributed by atoms with Crippen molar-refractivity contribution < 1.29 is 0 Å². The third kappa shape index (κ3) is 3.80. The highest BCUT2D eigenvalue weighted by Crippen LogP contribution is 2.20. The van der Waals surface area contributed by atoms with Gasteiger partial charge in [0.2, 0.25) is 0 Å². The summed E-state index contributed by atoms with van der Waals surface area (Å²) in [5.74, 6) is 0.851. The Kier molecular flexibility index (Phi) is 5.87. The summed E-state index contributed by atoms with van der Waals surface area (Å²) < 4.78 is 0. The number of hydrogen-bond donors (Lipinski definition) is 0. The maximum Gasteiger partial charge on any atom is 0.0197 e. The van der Waals surface area contributed by atoms with Gasteiger partial charge in [-0.25, -0.2) is 0 Å². The molecule has 1 nitrogen and oxygen atoms in total. The van der Waals surface area contributed by atoms with Gasteiger partial charge in [0.1, 0.15) is 0 Å². The molecule has 0 saturated carbocycles. The molecule has 1 heterocycles. The molecular weight excluding hydrogens is 146 g/mol. The van der Waals surface area contributed by atoms with Crippen molar-refractivity contribution in [3.05, 3.63) is 12.3 Å². The monoisotopic (exact) mass is 169 g/mol. The maximum absolute atomic E-state index is 4.02. The number of hydrogen-bond acceptors (Lipinski definition) is 1. The van der Waals surface area contributed by atoms with Crippen LogP contribution in [0, 0.1) is 5.92 Å². The quantitative estimate of drug-likeness (QED) is 0.538. The number of nitrogens with zero attached hydrogens (tertiary/aromatic N) is 1. The molecule has 72 valence electrons. The van der Waals surface area contributed by atoms with E-state index in [-0.39, 0.29) is 0 Å². The molecule has 0 aliphatic carbocycles. The molecule has 1 unspecified atom stereocenters. The Morgan fingerprint density at radius 3 is 2.58 bits per heavy atom. The van der Waals surface area contributed by atoms with Gasteiger partial charge in [-0.2, -0.15) is 0 Å². The van der Waals surface area contributed by atoms with E-state index >= 15 is 0 Å². The normalized spacial score (nSPS) is 24.2. The summed E-state index contributed by atoms with van der Waals surface area (Å²) in [5.41, 5.74) is 1.31. The molecule has 0 aromatic carbocycles. The zero-order chi connectivity index (χ0) is 9.56. The predicted molar refractivity (Wildman–Crippen MR) is 56.1 cm³/mol. The maximum atomic E-state index is 4.02. The van der Waals surface area contributed by atoms with Crippen molar-refractivity contribution in [1.29, 1.82) is 0 Å². The van der Waals surface area contributed by atoms with Crippen LogP contribution in [0.5, 0.6) is 0 Å². The summed E-state index contributed by atoms with van der Waals surface area (Å²) in [4.78, 5) is 2.29. The first-order valence-electron chi connectivity index (χ1n) is 5.09. The van der Waals surface area contributed by atoms with Crippen LogP contribution >= 0.6 is 0 Å². The molecule has 1 atom stereocenters. The van der Waals surface area contributed by atoms with Gasteiger partial charge in [0.15, 0.2) is 0 Å². The van der Waals surface area contributed by atoms with Crippen molar-refractivity contribution in [3.8, 4) is 0 Å². The molecule has 1 aliphatic heterocycles. The first-order chi connectivity index (χ1) is 5.70. The van der Waals surface area contributed by atoms with Gasteiger partial charge in [0.05, 0.1) is 0 Å². The molecule has 1 rings (SSSR count). The fourth-order valence-electron chi connectivity index (χ4n) is 1.53. The molecule has 0 aromatic rings. The molecule has 0 spiro atoms. The Morgan fingerprint density at radius 1 is 1.42 bits per heavy atom. The Hall–Kier alpha value is -0.460. The molecule has 12 heavy (non-hydrogen) atoms. The second-order valence-electron chi connectivity index (χ2n) is 3.44. The fourth-order valence-corrected chi connectivity index (χ4v) is 1.53. The van der Waals surface area contributed by atoms with Crippen molar-refractivity contribution >= 4 is 0 Å². The molecule has 1 aliphatic rings. The second kappa shape index (κ2) is 6.10. The summed E-state index contributed by atoms with van der Waals surface area (Å²) in [7, 11) is 2.14. The van der Waals surface area contributed by atoms with Crippen LogP contribution in [0.2, 0.25) is 0 Å². The van der Waals surface area contributed by atoms with E-state index in [1.807, 2.05) is 13.8 Å². The molecule has 0 aromatic heterocycles. The molecule has 0 N–H and O–H groups in total. The highest BCUT2D eigenvalue weighted by Gasteiger charge is 2.12. The Morgan fingerprint density at radius 2 is 2.00 bits per heavy atom. The fraction of sp³-hybridized carbons (Fsp3) is 0.818.